The van der Waals surface area contributed by atoms with Gasteiger partial charge in [-0.1, -0.05) is 19.8 Å². The lowest BCUT2D eigenvalue weighted by Crippen LogP contribution is -2.52. The zero-order valence-electron chi connectivity index (χ0n) is 11.5. The first-order valence-electron chi connectivity index (χ1n) is 7.50. The first kappa shape index (κ1) is 13.8. The smallest absolute Gasteiger partial charge is 0.235 e. The lowest BCUT2D eigenvalue weighted by Gasteiger charge is -2.32. The summed E-state index contributed by atoms with van der Waals surface area (Å²) < 4.78 is 0. The van der Waals surface area contributed by atoms with Crippen molar-refractivity contribution in [3.8, 4) is 0 Å². The molecule has 0 aromatic carbocycles. The molecule has 18 heavy (non-hydrogen) atoms. The van der Waals surface area contributed by atoms with Crippen molar-refractivity contribution in [2.45, 2.75) is 70.0 Å². The van der Waals surface area contributed by atoms with Crippen LogP contribution < -0.4 is 11.1 Å². The van der Waals surface area contributed by atoms with E-state index in [-0.39, 0.29) is 11.9 Å². The van der Waals surface area contributed by atoms with Gasteiger partial charge in [-0.05, 0) is 38.6 Å². The molecule has 2 fully saturated rings. The van der Waals surface area contributed by atoms with Crippen LogP contribution in [0.2, 0.25) is 0 Å². The van der Waals surface area contributed by atoms with Gasteiger partial charge in [0, 0.05) is 18.6 Å². The second-order valence-corrected chi connectivity index (χ2v) is 5.80. The Kier molecular flexibility index (Phi) is 5.01. The van der Waals surface area contributed by atoms with E-state index in [9.17, 15) is 4.79 Å². The molecule has 0 aromatic rings. The molecule has 1 amide bonds. The molecule has 1 saturated heterocycles. The van der Waals surface area contributed by atoms with Crippen LogP contribution in [0, 0.1) is 0 Å². The largest absolute Gasteiger partial charge is 0.368 e. The Morgan fingerprint density at radius 2 is 2.11 bits per heavy atom. The lowest BCUT2D eigenvalue weighted by atomic mass is 10.1. The van der Waals surface area contributed by atoms with Crippen LogP contribution in [0.4, 0.5) is 0 Å². The zero-order valence-corrected chi connectivity index (χ0v) is 11.5. The molecule has 0 radical (unpaired) electrons. The molecule has 3 N–H and O–H groups in total. The Morgan fingerprint density at radius 1 is 1.33 bits per heavy atom. The van der Waals surface area contributed by atoms with Crippen LogP contribution in [0.25, 0.3) is 0 Å². The highest BCUT2D eigenvalue weighted by Gasteiger charge is 2.30. The van der Waals surface area contributed by atoms with Crippen molar-refractivity contribution < 1.29 is 4.79 Å². The van der Waals surface area contributed by atoms with Gasteiger partial charge in [-0.15, -0.1) is 0 Å². The van der Waals surface area contributed by atoms with Gasteiger partial charge in [0.1, 0.15) is 0 Å². The third-order valence-corrected chi connectivity index (χ3v) is 4.25. The molecule has 4 heteroatoms. The van der Waals surface area contributed by atoms with Crippen LogP contribution in [0.5, 0.6) is 0 Å². The predicted molar refractivity (Wildman–Crippen MR) is 73.3 cm³/mol. The lowest BCUT2D eigenvalue weighted by molar-refractivity contribution is -0.120. The van der Waals surface area contributed by atoms with Gasteiger partial charge >= 0.3 is 0 Å². The number of nitrogens with zero attached hydrogens (tertiary/aromatic N) is 1. The number of carbonyl (C=O) groups is 1. The molecular weight excluding hydrogens is 226 g/mol. The van der Waals surface area contributed by atoms with Gasteiger partial charge < -0.3 is 11.1 Å². The molecule has 1 aliphatic heterocycles. The summed E-state index contributed by atoms with van der Waals surface area (Å²) in [6, 6.07) is 1.01. The van der Waals surface area contributed by atoms with E-state index in [1.54, 1.807) is 0 Å². The molecule has 0 spiro atoms. The van der Waals surface area contributed by atoms with Gasteiger partial charge in [0.2, 0.25) is 5.91 Å². The number of nitrogens with two attached hydrogens (primary N) is 1. The average molecular weight is 253 g/mol. The number of amides is 1. The minimum atomic E-state index is -0.194. The summed E-state index contributed by atoms with van der Waals surface area (Å²) in [5.41, 5.74) is 5.53. The third-order valence-electron chi connectivity index (χ3n) is 4.25. The summed E-state index contributed by atoms with van der Waals surface area (Å²) in [7, 11) is 0. The normalized spacial score (nSPS) is 27.7. The minimum Gasteiger partial charge on any atom is -0.368 e. The van der Waals surface area contributed by atoms with Crippen LogP contribution >= 0.6 is 0 Å². The SMILES string of the molecule is CCC1CCCCCN1CC(NC1CC1)C(N)=O. The van der Waals surface area contributed by atoms with Crippen molar-refractivity contribution in [3.05, 3.63) is 0 Å². The summed E-state index contributed by atoms with van der Waals surface area (Å²) in [5.74, 6) is -0.194. The summed E-state index contributed by atoms with van der Waals surface area (Å²) in [6.45, 7) is 4.16. The quantitative estimate of drug-likeness (QED) is 0.749. The van der Waals surface area contributed by atoms with Gasteiger partial charge in [-0.3, -0.25) is 9.69 Å². The van der Waals surface area contributed by atoms with Crippen molar-refractivity contribution in [2.24, 2.45) is 5.73 Å². The fourth-order valence-corrected chi connectivity index (χ4v) is 2.93. The number of hydrogen-bond acceptors (Lipinski definition) is 3. The summed E-state index contributed by atoms with van der Waals surface area (Å²) in [6.07, 6.45) is 8.74. The standard InChI is InChI=1S/C14H27N3O/c1-2-12-6-4-3-5-9-17(12)10-13(14(15)18)16-11-7-8-11/h11-13,16H,2-10H2,1H3,(H2,15,18). The van der Waals surface area contributed by atoms with Crippen LogP contribution in [-0.4, -0.2) is 42.0 Å². The molecule has 104 valence electrons. The minimum absolute atomic E-state index is 0.162. The van der Waals surface area contributed by atoms with Crippen LogP contribution in [0.1, 0.15) is 51.9 Å². The zero-order chi connectivity index (χ0) is 13.0. The Morgan fingerprint density at radius 3 is 2.72 bits per heavy atom. The third kappa shape index (κ3) is 3.95. The van der Waals surface area contributed by atoms with Gasteiger partial charge in [-0.25, -0.2) is 0 Å². The van der Waals surface area contributed by atoms with E-state index in [1.165, 1.54) is 44.9 Å². The van der Waals surface area contributed by atoms with Crippen molar-refractivity contribution in [3.63, 3.8) is 0 Å². The number of nitrogens with one attached hydrogen (secondary N) is 1. The fraction of sp³-hybridized carbons (Fsp3) is 0.929. The highest BCUT2D eigenvalue weighted by molar-refractivity contribution is 5.80. The Bertz CT molecular complexity index is 278. The Hall–Kier alpha value is -0.610. The fourth-order valence-electron chi connectivity index (χ4n) is 2.93. The van der Waals surface area contributed by atoms with E-state index < -0.39 is 0 Å². The van der Waals surface area contributed by atoms with E-state index in [2.05, 4.69) is 17.1 Å². The summed E-state index contributed by atoms with van der Waals surface area (Å²) >= 11 is 0. The highest BCUT2D eigenvalue weighted by atomic mass is 16.1. The summed E-state index contributed by atoms with van der Waals surface area (Å²) in [5, 5.41) is 3.39. The predicted octanol–water partition coefficient (Wildman–Crippen LogP) is 1.25. The van der Waals surface area contributed by atoms with Crippen molar-refractivity contribution >= 4 is 5.91 Å². The molecule has 4 nitrogen and oxygen atoms in total. The van der Waals surface area contributed by atoms with E-state index in [0.717, 1.165) is 13.1 Å². The number of likely N-dealkylation sites (tertiary alicyclic amines) is 1. The topological polar surface area (TPSA) is 58.4 Å². The molecule has 1 saturated carbocycles. The van der Waals surface area contributed by atoms with E-state index >= 15 is 0 Å². The van der Waals surface area contributed by atoms with Crippen LogP contribution in [0.15, 0.2) is 0 Å². The maximum Gasteiger partial charge on any atom is 0.235 e. The first-order valence-corrected chi connectivity index (χ1v) is 7.50. The second-order valence-electron chi connectivity index (χ2n) is 5.80. The average Bonchev–Trinajstić information content (AvgIpc) is 3.15. The molecule has 1 aliphatic carbocycles. The summed E-state index contributed by atoms with van der Waals surface area (Å²) in [4.78, 5) is 14.0. The molecule has 2 aliphatic rings. The van der Waals surface area contributed by atoms with E-state index in [1.807, 2.05) is 0 Å². The molecule has 0 aromatic heterocycles. The van der Waals surface area contributed by atoms with Crippen molar-refractivity contribution in [1.29, 1.82) is 0 Å². The highest BCUT2D eigenvalue weighted by Crippen LogP contribution is 2.22. The van der Waals surface area contributed by atoms with Gasteiger partial charge in [0.05, 0.1) is 6.04 Å². The van der Waals surface area contributed by atoms with Crippen molar-refractivity contribution in [2.75, 3.05) is 13.1 Å². The Balaban J connectivity index is 1.91. The van der Waals surface area contributed by atoms with Crippen molar-refractivity contribution in [1.82, 2.24) is 10.2 Å². The molecule has 2 rings (SSSR count). The van der Waals surface area contributed by atoms with Gasteiger partial charge in [0.25, 0.3) is 0 Å². The van der Waals surface area contributed by atoms with Gasteiger partial charge in [-0.2, -0.15) is 0 Å². The maximum atomic E-state index is 11.6. The number of carbonyl (C=O) groups excluding carboxylic acids is 1. The Labute approximate surface area is 110 Å². The maximum absolute atomic E-state index is 11.6. The van der Waals surface area contributed by atoms with Crippen LogP contribution in [0.3, 0.4) is 0 Å². The monoisotopic (exact) mass is 253 g/mol. The molecule has 0 bridgehead atoms. The number of primary amides is 1. The van der Waals surface area contributed by atoms with Gasteiger partial charge in [0.15, 0.2) is 0 Å². The van der Waals surface area contributed by atoms with Crippen LogP contribution in [-0.2, 0) is 4.79 Å². The molecule has 2 atom stereocenters. The second kappa shape index (κ2) is 6.53. The number of rotatable bonds is 6. The molecular formula is C14H27N3O. The van der Waals surface area contributed by atoms with E-state index in [0.29, 0.717) is 12.1 Å². The van der Waals surface area contributed by atoms with E-state index in [4.69, 9.17) is 5.73 Å². The molecule has 2 unspecified atom stereocenters. The first-order chi connectivity index (χ1) is 8.70. The molecule has 1 heterocycles. The number of hydrogen-bond donors (Lipinski definition) is 2.